The number of nitrogens with zero attached hydrogens (tertiary/aromatic N) is 2. The number of aromatic nitrogens is 1. The van der Waals surface area contributed by atoms with Gasteiger partial charge in [0, 0.05) is 40.2 Å². The molecule has 1 amide bonds. The van der Waals surface area contributed by atoms with E-state index >= 15 is 0 Å². The molecule has 8 heteroatoms. The number of hydrogen-bond acceptors (Lipinski definition) is 4. The first kappa shape index (κ1) is 13.8. The van der Waals surface area contributed by atoms with Crippen LogP contribution in [0.5, 0.6) is 0 Å². The molecule has 1 unspecified atom stereocenters. The van der Waals surface area contributed by atoms with Crippen LogP contribution in [0.3, 0.4) is 0 Å². The molecule has 1 saturated heterocycles. The summed E-state index contributed by atoms with van der Waals surface area (Å²) >= 11 is 3.26. The van der Waals surface area contributed by atoms with E-state index in [4.69, 9.17) is 10.7 Å². The van der Waals surface area contributed by atoms with Gasteiger partial charge < -0.3 is 0 Å². The summed E-state index contributed by atoms with van der Waals surface area (Å²) in [7, 11) is 1.62. The van der Waals surface area contributed by atoms with Crippen LogP contribution in [0.1, 0.15) is 6.42 Å². The lowest BCUT2D eigenvalue weighted by atomic mass is 10.1. The van der Waals surface area contributed by atoms with Crippen molar-refractivity contribution in [1.82, 2.24) is 4.98 Å². The van der Waals surface area contributed by atoms with E-state index in [1.807, 2.05) is 0 Å². The predicted molar refractivity (Wildman–Crippen MR) is 72.0 cm³/mol. The summed E-state index contributed by atoms with van der Waals surface area (Å²) in [6.07, 6.45) is 1.78. The van der Waals surface area contributed by atoms with Crippen molar-refractivity contribution in [1.29, 1.82) is 0 Å². The van der Waals surface area contributed by atoms with Crippen molar-refractivity contribution in [3.63, 3.8) is 0 Å². The second-order valence-corrected chi connectivity index (χ2v) is 7.85. The molecule has 1 atom stereocenters. The minimum absolute atomic E-state index is 0.130. The van der Waals surface area contributed by atoms with Gasteiger partial charge in [0.15, 0.2) is 0 Å². The number of amides is 1. The van der Waals surface area contributed by atoms with Crippen molar-refractivity contribution < 1.29 is 13.2 Å². The fraction of sp³-hybridized carbons (Fsp3) is 0.400. The zero-order valence-corrected chi connectivity index (χ0v) is 12.4. The van der Waals surface area contributed by atoms with Crippen molar-refractivity contribution in [2.24, 2.45) is 5.92 Å². The number of halogens is 2. The number of pyridine rings is 1. The van der Waals surface area contributed by atoms with Gasteiger partial charge in [-0.1, -0.05) is 0 Å². The third kappa shape index (κ3) is 3.43. The van der Waals surface area contributed by atoms with Gasteiger partial charge in [0.25, 0.3) is 0 Å². The summed E-state index contributed by atoms with van der Waals surface area (Å²) in [4.78, 5) is 17.4. The molecule has 0 N–H and O–H groups in total. The highest BCUT2D eigenvalue weighted by Crippen LogP contribution is 2.25. The normalized spacial score (nSPS) is 20.4. The van der Waals surface area contributed by atoms with Crippen LogP contribution < -0.4 is 4.90 Å². The van der Waals surface area contributed by atoms with Gasteiger partial charge in [-0.15, -0.1) is 0 Å². The van der Waals surface area contributed by atoms with Crippen LogP contribution in [-0.2, 0) is 13.8 Å². The molecule has 1 aliphatic rings. The Morgan fingerprint density at radius 3 is 2.78 bits per heavy atom. The Labute approximate surface area is 118 Å². The molecule has 1 aromatic heterocycles. The van der Waals surface area contributed by atoms with Crippen LogP contribution in [0.15, 0.2) is 22.8 Å². The van der Waals surface area contributed by atoms with Crippen LogP contribution >= 0.6 is 26.6 Å². The second kappa shape index (κ2) is 5.14. The minimum atomic E-state index is -3.58. The van der Waals surface area contributed by atoms with Gasteiger partial charge in [0.1, 0.15) is 5.82 Å². The number of rotatable bonds is 3. The van der Waals surface area contributed by atoms with Crippen LogP contribution in [0.4, 0.5) is 5.82 Å². The Bertz CT molecular complexity index is 561. The van der Waals surface area contributed by atoms with E-state index in [0.717, 1.165) is 4.47 Å². The molecule has 2 heterocycles. The van der Waals surface area contributed by atoms with Crippen LogP contribution in [0.2, 0.25) is 0 Å². The van der Waals surface area contributed by atoms with Gasteiger partial charge >= 0.3 is 0 Å². The maximum Gasteiger partial charge on any atom is 0.232 e. The highest BCUT2D eigenvalue weighted by Gasteiger charge is 2.33. The minimum Gasteiger partial charge on any atom is -0.296 e. The molecule has 0 aromatic carbocycles. The molecule has 1 aromatic rings. The summed E-state index contributed by atoms with van der Waals surface area (Å²) < 4.78 is 22.8. The van der Waals surface area contributed by atoms with Crippen molar-refractivity contribution in [3.8, 4) is 0 Å². The van der Waals surface area contributed by atoms with Gasteiger partial charge in [-0.2, -0.15) is 0 Å². The Hall–Kier alpha value is -0.660. The van der Waals surface area contributed by atoms with Crippen molar-refractivity contribution >= 4 is 47.4 Å². The van der Waals surface area contributed by atoms with Crippen molar-refractivity contribution in [2.75, 3.05) is 17.2 Å². The summed E-state index contributed by atoms with van der Waals surface area (Å²) in [6, 6.07) is 3.49. The van der Waals surface area contributed by atoms with Gasteiger partial charge in [0.2, 0.25) is 15.0 Å². The number of hydrogen-bond donors (Lipinski definition) is 0. The molecule has 18 heavy (non-hydrogen) atoms. The van der Waals surface area contributed by atoms with E-state index in [-0.39, 0.29) is 24.0 Å². The van der Waals surface area contributed by atoms with E-state index < -0.39 is 9.05 Å². The fourth-order valence-electron chi connectivity index (χ4n) is 1.92. The largest absolute Gasteiger partial charge is 0.296 e. The molecule has 0 saturated carbocycles. The molecule has 1 aliphatic heterocycles. The van der Waals surface area contributed by atoms with E-state index in [9.17, 15) is 13.2 Å². The first-order chi connectivity index (χ1) is 8.35. The smallest absolute Gasteiger partial charge is 0.232 e. The monoisotopic (exact) mass is 352 g/mol. The standard InChI is InChI=1S/C10H10BrClN2O3S/c11-8-1-2-9(13-4-8)14-5-7(3-10(14)15)6-18(12,16)17/h1-2,4,7H,3,5-6H2. The zero-order chi connectivity index (χ0) is 13.3. The lowest BCUT2D eigenvalue weighted by Gasteiger charge is -2.15. The third-order valence-electron chi connectivity index (χ3n) is 2.63. The number of anilines is 1. The summed E-state index contributed by atoms with van der Waals surface area (Å²) in [5.74, 6) is -0.0638. The Kier molecular flexibility index (Phi) is 3.93. The molecule has 1 fully saturated rings. The maximum absolute atomic E-state index is 11.8. The van der Waals surface area contributed by atoms with Gasteiger partial charge in [-0.05, 0) is 28.1 Å². The van der Waals surface area contributed by atoms with E-state index in [1.165, 1.54) is 4.90 Å². The molecule has 0 radical (unpaired) electrons. The second-order valence-electron chi connectivity index (χ2n) is 4.11. The zero-order valence-electron chi connectivity index (χ0n) is 9.21. The van der Waals surface area contributed by atoms with Gasteiger partial charge in [-0.3, -0.25) is 9.69 Å². The van der Waals surface area contributed by atoms with Crippen LogP contribution in [-0.4, -0.2) is 31.6 Å². The van der Waals surface area contributed by atoms with E-state index in [2.05, 4.69) is 20.9 Å². The molecular formula is C10H10BrClN2O3S. The summed E-state index contributed by atoms with van der Waals surface area (Å²) in [5, 5.41) is 0. The topological polar surface area (TPSA) is 67.3 Å². The molecule has 0 aliphatic carbocycles. The van der Waals surface area contributed by atoms with E-state index in [1.54, 1.807) is 18.3 Å². The van der Waals surface area contributed by atoms with E-state index in [0.29, 0.717) is 12.4 Å². The third-order valence-corrected chi connectivity index (χ3v) is 4.34. The van der Waals surface area contributed by atoms with Crippen LogP contribution in [0.25, 0.3) is 0 Å². The Balaban J connectivity index is 2.12. The van der Waals surface area contributed by atoms with Crippen molar-refractivity contribution in [2.45, 2.75) is 6.42 Å². The van der Waals surface area contributed by atoms with Crippen molar-refractivity contribution in [3.05, 3.63) is 22.8 Å². The Morgan fingerprint density at radius 1 is 1.50 bits per heavy atom. The fourth-order valence-corrected chi connectivity index (χ4v) is 3.48. The SMILES string of the molecule is O=C1CC(CS(=O)(=O)Cl)CN1c1ccc(Br)cn1. The average Bonchev–Trinajstić information content (AvgIpc) is 2.58. The molecule has 98 valence electrons. The molecular weight excluding hydrogens is 344 g/mol. The molecule has 5 nitrogen and oxygen atoms in total. The molecule has 0 bridgehead atoms. The summed E-state index contributed by atoms with van der Waals surface area (Å²) in [6.45, 7) is 0.333. The average molecular weight is 354 g/mol. The predicted octanol–water partition coefficient (Wildman–Crippen LogP) is 1.77. The molecule has 2 rings (SSSR count). The number of carbonyl (C=O) groups excluding carboxylic acids is 1. The summed E-state index contributed by atoms with van der Waals surface area (Å²) in [5.41, 5.74) is 0. The highest BCUT2D eigenvalue weighted by molar-refractivity contribution is 9.10. The lowest BCUT2D eigenvalue weighted by molar-refractivity contribution is -0.117. The Morgan fingerprint density at radius 2 is 2.22 bits per heavy atom. The van der Waals surface area contributed by atoms with Gasteiger partial charge in [0.05, 0.1) is 5.75 Å². The highest BCUT2D eigenvalue weighted by atomic mass is 79.9. The molecule has 0 spiro atoms. The maximum atomic E-state index is 11.8. The first-order valence-corrected chi connectivity index (χ1v) is 8.46. The number of carbonyl (C=O) groups is 1. The van der Waals surface area contributed by atoms with Gasteiger partial charge in [-0.25, -0.2) is 13.4 Å². The quantitative estimate of drug-likeness (QED) is 0.777. The van der Waals surface area contributed by atoms with Crippen LogP contribution in [0, 0.1) is 5.92 Å². The lowest BCUT2D eigenvalue weighted by Crippen LogP contribution is -2.26. The first-order valence-electron chi connectivity index (χ1n) is 5.19.